The number of nitrogens with one attached hydrogen (secondary N) is 1. The third-order valence-corrected chi connectivity index (χ3v) is 4.63. The molecule has 1 aliphatic heterocycles. The highest BCUT2D eigenvalue weighted by atomic mass is 15.2. The molecule has 0 amide bonds. The van der Waals surface area contributed by atoms with Crippen LogP contribution >= 0.6 is 0 Å². The van der Waals surface area contributed by atoms with Gasteiger partial charge in [0, 0.05) is 18.6 Å². The van der Waals surface area contributed by atoms with Gasteiger partial charge in [-0.1, -0.05) is 12.8 Å². The minimum atomic E-state index is 0.514. The fraction of sp³-hybridized carbons (Fsp3) is 0.733. The van der Waals surface area contributed by atoms with E-state index in [1.807, 2.05) is 0 Å². The van der Waals surface area contributed by atoms with Crippen molar-refractivity contribution in [2.75, 3.05) is 22.5 Å². The summed E-state index contributed by atoms with van der Waals surface area (Å²) in [6.07, 6.45) is 10.4. The molecule has 1 aromatic rings. The van der Waals surface area contributed by atoms with Gasteiger partial charge in [-0.2, -0.15) is 0 Å². The van der Waals surface area contributed by atoms with Crippen LogP contribution in [0.1, 0.15) is 51.9 Å². The highest BCUT2D eigenvalue weighted by Crippen LogP contribution is 2.32. The second-order valence-corrected chi connectivity index (χ2v) is 6.12. The Morgan fingerprint density at radius 3 is 2.65 bits per heavy atom. The first-order chi connectivity index (χ1) is 9.75. The van der Waals surface area contributed by atoms with Crippen LogP contribution in [0.3, 0.4) is 0 Å². The Labute approximate surface area is 121 Å². The number of anilines is 3. The van der Waals surface area contributed by atoms with Crippen LogP contribution in [0.15, 0.2) is 6.33 Å². The first kappa shape index (κ1) is 13.5. The maximum atomic E-state index is 6.33. The molecule has 3 rings (SSSR count). The van der Waals surface area contributed by atoms with Gasteiger partial charge in [0.1, 0.15) is 12.0 Å². The number of hydrogen-bond acceptors (Lipinski definition) is 5. The number of rotatable bonds is 3. The van der Waals surface area contributed by atoms with Crippen molar-refractivity contribution in [2.45, 2.75) is 64.0 Å². The highest BCUT2D eigenvalue weighted by molar-refractivity contribution is 5.75. The standard InChI is InChI=1S/C15H25N5/c1-11-6-4-5-9-20(11)15-13(16)14(17-10-18-15)19-12-7-2-3-8-12/h10-12H,2-9,16H2,1H3,(H,17,18,19). The zero-order valence-electron chi connectivity index (χ0n) is 12.3. The van der Waals surface area contributed by atoms with E-state index in [1.165, 1.54) is 44.9 Å². The molecular weight excluding hydrogens is 250 g/mol. The smallest absolute Gasteiger partial charge is 0.157 e. The van der Waals surface area contributed by atoms with E-state index >= 15 is 0 Å². The molecule has 1 aromatic heterocycles. The van der Waals surface area contributed by atoms with Crippen molar-refractivity contribution in [3.63, 3.8) is 0 Å². The van der Waals surface area contributed by atoms with Crippen molar-refractivity contribution in [3.05, 3.63) is 6.33 Å². The molecule has 1 saturated carbocycles. The second kappa shape index (κ2) is 5.85. The maximum absolute atomic E-state index is 6.33. The molecule has 20 heavy (non-hydrogen) atoms. The summed E-state index contributed by atoms with van der Waals surface area (Å²) in [4.78, 5) is 11.1. The fourth-order valence-corrected chi connectivity index (χ4v) is 3.41. The first-order valence-corrected chi connectivity index (χ1v) is 7.89. The van der Waals surface area contributed by atoms with Gasteiger partial charge in [-0.05, 0) is 39.0 Å². The lowest BCUT2D eigenvalue weighted by Crippen LogP contribution is -2.38. The number of nitrogens with zero attached hydrogens (tertiary/aromatic N) is 3. The summed E-state index contributed by atoms with van der Waals surface area (Å²) in [5.41, 5.74) is 7.04. The van der Waals surface area contributed by atoms with Crippen molar-refractivity contribution < 1.29 is 0 Å². The Morgan fingerprint density at radius 2 is 1.90 bits per heavy atom. The third kappa shape index (κ3) is 2.67. The molecule has 1 aliphatic carbocycles. The van der Waals surface area contributed by atoms with E-state index in [9.17, 15) is 0 Å². The third-order valence-electron chi connectivity index (χ3n) is 4.63. The van der Waals surface area contributed by atoms with Crippen LogP contribution in [-0.2, 0) is 0 Å². The Kier molecular flexibility index (Phi) is 3.94. The molecule has 2 fully saturated rings. The molecule has 3 N–H and O–H groups in total. The number of hydrogen-bond donors (Lipinski definition) is 2. The van der Waals surface area contributed by atoms with Gasteiger partial charge in [-0.25, -0.2) is 9.97 Å². The summed E-state index contributed by atoms with van der Waals surface area (Å²) < 4.78 is 0. The molecule has 0 spiro atoms. The van der Waals surface area contributed by atoms with Crippen LogP contribution in [-0.4, -0.2) is 28.6 Å². The van der Waals surface area contributed by atoms with Crippen LogP contribution in [0.5, 0.6) is 0 Å². The second-order valence-electron chi connectivity index (χ2n) is 6.12. The lowest BCUT2D eigenvalue weighted by atomic mass is 10.0. The van der Waals surface area contributed by atoms with Crippen LogP contribution in [0.2, 0.25) is 0 Å². The molecule has 1 saturated heterocycles. The van der Waals surface area contributed by atoms with Crippen LogP contribution < -0.4 is 16.0 Å². The average Bonchev–Trinajstić information content (AvgIpc) is 2.95. The fourth-order valence-electron chi connectivity index (χ4n) is 3.41. The average molecular weight is 275 g/mol. The summed E-state index contributed by atoms with van der Waals surface area (Å²) in [6, 6.07) is 1.04. The zero-order chi connectivity index (χ0) is 13.9. The van der Waals surface area contributed by atoms with Gasteiger partial charge in [0.2, 0.25) is 0 Å². The van der Waals surface area contributed by atoms with E-state index in [4.69, 9.17) is 5.73 Å². The molecule has 0 aromatic carbocycles. The van der Waals surface area contributed by atoms with Crippen molar-refractivity contribution in [1.82, 2.24) is 9.97 Å². The molecule has 5 heteroatoms. The Hall–Kier alpha value is -1.52. The number of nitrogens with two attached hydrogens (primary N) is 1. The van der Waals surface area contributed by atoms with Gasteiger partial charge in [-0.3, -0.25) is 0 Å². The summed E-state index contributed by atoms with van der Waals surface area (Å²) in [5.74, 6) is 1.73. The van der Waals surface area contributed by atoms with Gasteiger partial charge in [0.05, 0.1) is 0 Å². The molecule has 2 heterocycles. The van der Waals surface area contributed by atoms with Crippen molar-refractivity contribution in [2.24, 2.45) is 0 Å². The normalized spacial score (nSPS) is 24.1. The topological polar surface area (TPSA) is 67.1 Å². The summed E-state index contributed by atoms with van der Waals surface area (Å²) in [5, 5.41) is 3.50. The van der Waals surface area contributed by atoms with Gasteiger partial charge in [0.25, 0.3) is 0 Å². The van der Waals surface area contributed by atoms with E-state index in [0.717, 1.165) is 18.2 Å². The SMILES string of the molecule is CC1CCCCN1c1ncnc(NC2CCCC2)c1N. The molecule has 1 atom stereocenters. The van der Waals surface area contributed by atoms with Crippen LogP contribution in [0.25, 0.3) is 0 Å². The highest BCUT2D eigenvalue weighted by Gasteiger charge is 2.24. The van der Waals surface area contributed by atoms with Gasteiger partial charge in [-0.15, -0.1) is 0 Å². The Morgan fingerprint density at radius 1 is 1.15 bits per heavy atom. The van der Waals surface area contributed by atoms with Crippen LogP contribution in [0.4, 0.5) is 17.3 Å². The molecule has 110 valence electrons. The van der Waals surface area contributed by atoms with Crippen LogP contribution in [0, 0.1) is 0 Å². The number of piperidine rings is 1. The molecule has 0 bridgehead atoms. The molecular formula is C15H25N5. The zero-order valence-corrected chi connectivity index (χ0v) is 12.3. The van der Waals surface area contributed by atoms with E-state index in [0.29, 0.717) is 17.8 Å². The quantitative estimate of drug-likeness (QED) is 0.888. The Balaban J connectivity index is 1.80. The monoisotopic (exact) mass is 275 g/mol. The van der Waals surface area contributed by atoms with Crippen molar-refractivity contribution >= 4 is 17.3 Å². The van der Waals surface area contributed by atoms with Gasteiger partial charge in [0.15, 0.2) is 11.6 Å². The summed E-state index contributed by atoms with van der Waals surface area (Å²) in [7, 11) is 0. The summed E-state index contributed by atoms with van der Waals surface area (Å²) >= 11 is 0. The van der Waals surface area contributed by atoms with Crippen molar-refractivity contribution in [3.8, 4) is 0 Å². The first-order valence-electron chi connectivity index (χ1n) is 7.89. The predicted octanol–water partition coefficient (Wildman–Crippen LogP) is 2.79. The number of nitrogen functional groups attached to an aromatic ring is 1. The van der Waals surface area contributed by atoms with E-state index < -0.39 is 0 Å². The molecule has 2 aliphatic rings. The maximum Gasteiger partial charge on any atom is 0.157 e. The lowest BCUT2D eigenvalue weighted by molar-refractivity contribution is 0.481. The van der Waals surface area contributed by atoms with E-state index in [1.54, 1.807) is 6.33 Å². The lowest BCUT2D eigenvalue weighted by Gasteiger charge is -2.35. The minimum Gasteiger partial charge on any atom is -0.393 e. The predicted molar refractivity (Wildman–Crippen MR) is 83.0 cm³/mol. The molecule has 5 nitrogen and oxygen atoms in total. The summed E-state index contributed by atoms with van der Waals surface area (Å²) in [6.45, 7) is 3.30. The van der Waals surface area contributed by atoms with E-state index in [2.05, 4.69) is 27.1 Å². The van der Waals surface area contributed by atoms with Crippen molar-refractivity contribution in [1.29, 1.82) is 0 Å². The van der Waals surface area contributed by atoms with E-state index in [-0.39, 0.29) is 0 Å². The van der Waals surface area contributed by atoms with Gasteiger partial charge < -0.3 is 16.0 Å². The largest absolute Gasteiger partial charge is 0.393 e. The van der Waals surface area contributed by atoms with Gasteiger partial charge >= 0.3 is 0 Å². The molecule has 0 radical (unpaired) electrons. The Bertz CT molecular complexity index is 456. The number of aromatic nitrogens is 2. The minimum absolute atomic E-state index is 0.514. The molecule has 1 unspecified atom stereocenters.